The third kappa shape index (κ3) is 2.75. The highest BCUT2D eigenvalue weighted by Gasteiger charge is 2.23. The average molecular weight is 266 g/mol. The summed E-state index contributed by atoms with van der Waals surface area (Å²) in [5, 5.41) is 0. The molecule has 0 aliphatic carbocycles. The van der Waals surface area contributed by atoms with E-state index in [1.54, 1.807) is 6.92 Å². The summed E-state index contributed by atoms with van der Waals surface area (Å²) in [5.74, 6) is 0.196. The highest BCUT2D eigenvalue weighted by molar-refractivity contribution is 7.12. The van der Waals surface area contributed by atoms with E-state index in [4.69, 9.17) is 0 Å². The summed E-state index contributed by atoms with van der Waals surface area (Å²) in [6.45, 7) is 6.68. The van der Waals surface area contributed by atoms with E-state index in [9.17, 15) is 4.79 Å². The van der Waals surface area contributed by atoms with Crippen LogP contribution >= 0.6 is 11.3 Å². The van der Waals surface area contributed by atoms with Gasteiger partial charge in [0.1, 0.15) is 0 Å². The van der Waals surface area contributed by atoms with Crippen molar-refractivity contribution in [3.8, 4) is 0 Å². The molecule has 0 saturated heterocycles. The summed E-state index contributed by atoms with van der Waals surface area (Å²) < 4.78 is 0. The normalized spacial score (nSPS) is 15.1. The summed E-state index contributed by atoms with van der Waals surface area (Å²) >= 11 is 1.88. The van der Waals surface area contributed by atoms with Crippen LogP contribution in [0.25, 0.3) is 0 Å². The smallest absolute Gasteiger partial charge is 0.219 e. The molecule has 0 fully saturated rings. The zero-order chi connectivity index (χ0) is 13.3. The van der Waals surface area contributed by atoms with E-state index in [0.29, 0.717) is 0 Å². The van der Waals surface area contributed by atoms with E-state index in [2.05, 4.69) is 25.9 Å². The Hall–Kier alpha value is -0.870. The number of carbonyl (C=O) groups is 1. The molecule has 0 atom stereocenters. The zero-order valence-corrected chi connectivity index (χ0v) is 12.6. The molecule has 0 bridgehead atoms. The van der Waals surface area contributed by atoms with Crippen LogP contribution in [-0.2, 0) is 24.2 Å². The number of hydrogen-bond acceptors (Lipinski definition) is 3. The Kier molecular flexibility index (Phi) is 4.07. The van der Waals surface area contributed by atoms with Crippen molar-refractivity contribution in [2.45, 2.75) is 33.2 Å². The highest BCUT2D eigenvalue weighted by atomic mass is 32.1. The maximum absolute atomic E-state index is 11.4. The molecular weight excluding hydrogens is 244 g/mol. The molecule has 1 aromatic heterocycles. The number of aryl methyl sites for hydroxylation is 1. The van der Waals surface area contributed by atoms with E-state index in [1.807, 2.05) is 16.2 Å². The molecule has 4 heteroatoms. The molecule has 18 heavy (non-hydrogen) atoms. The fraction of sp³-hybridized carbons (Fsp3) is 0.643. The Bertz CT molecular complexity index is 451. The molecule has 0 radical (unpaired) electrons. The first-order valence-corrected chi connectivity index (χ1v) is 7.31. The number of amides is 1. The molecule has 1 aromatic rings. The maximum Gasteiger partial charge on any atom is 0.219 e. The zero-order valence-electron chi connectivity index (χ0n) is 11.7. The monoisotopic (exact) mass is 266 g/mol. The van der Waals surface area contributed by atoms with Crippen molar-refractivity contribution in [1.29, 1.82) is 0 Å². The van der Waals surface area contributed by atoms with Crippen LogP contribution < -0.4 is 0 Å². The molecule has 0 aromatic carbocycles. The first kappa shape index (κ1) is 13.6. The standard InChI is InChI=1S/C14H22N2OS/c1-10-12(5-7-15(3)4)13-6-8-16(11(2)17)9-14(13)18-10/h5-9H2,1-4H3. The van der Waals surface area contributed by atoms with Gasteiger partial charge in [0.15, 0.2) is 0 Å². The van der Waals surface area contributed by atoms with E-state index < -0.39 is 0 Å². The Morgan fingerprint density at radius 1 is 1.44 bits per heavy atom. The Balaban J connectivity index is 2.18. The Morgan fingerprint density at radius 3 is 2.78 bits per heavy atom. The van der Waals surface area contributed by atoms with E-state index in [0.717, 1.165) is 32.5 Å². The lowest BCUT2D eigenvalue weighted by Gasteiger charge is -2.26. The first-order chi connectivity index (χ1) is 8.49. The van der Waals surface area contributed by atoms with Crippen LogP contribution in [-0.4, -0.2) is 42.9 Å². The second kappa shape index (κ2) is 5.41. The summed E-state index contributed by atoms with van der Waals surface area (Å²) in [6, 6.07) is 0. The summed E-state index contributed by atoms with van der Waals surface area (Å²) in [4.78, 5) is 18.5. The van der Waals surface area contributed by atoms with Crippen molar-refractivity contribution in [3.05, 3.63) is 20.9 Å². The SMILES string of the molecule is CC(=O)N1CCc2c(sc(C)c2CCN(C)C)C1. The number of hydrogen-bond donors (Lipinski definition) is 0. The minimum absolute atomic E-state index is 0.196. The van der Waals surface area contributed by atoms with Gasteiger partial charge in [0.25, 0.3) is 0 Å². The van der Waals surface area contributed by atoms with Crippen LogP contribution in [0.3, 0.4) is 0 Å². The molecule has 0 N–H and O–H groups in total. The molecule has 1 amide bonds. The minimum atomic E-state index is 0.196. The van der Waals surface area contributed by atoms with Crippen LogP contribution in [0.1, 0.15) is 27.8 Å². The number of likely N-dealkylation sites (N-methyl/N-ethyl adjacent to an activating group) is 1. The molecule has 1 aliphatic heterocycles. The third-order valence-electron chi connectivity index (χ3n) is 3.62. The molecule has 0 saturated carbocycles. The number of carbonyl (C=O) groups excluding carboxylic acids is 1. The maximum atomic E-state index is 11.4. The lowest BCUT2D eigenvalue weighted by atomic mass is 9.99. The van der Waals surface area contributed by atoms with Gasteiger partial charge in [-0.25, -0.2) is 0 Å². The summed E-state index contributed by atoms with van der Waals surface area (Å²) in [5.41, 5.74) is 3.06. The second-order valence-corrected chi connectivity index (χ2v) is 6.59. The molecule has 2 rings (SSSR count). The quantitative estimate of drug-likeness (QED) is 0.836. The predicted molar refractivity (Wildman–Crippen MR) is 76.1 cm³/mol. The van der Waals surface area contributed by atoms with E-state index in [-0.39, 0.29) is 5.91 Å². The Morgan fingerprint density at radius 2 is 2.17 bits per heavy atom. The van der Waals surface area contributed by atoms with Crippen LogP contribution in [0.15, 0.2) is 0 Å². The summed E-state index contributed by atoms with van der Waals surface area (Å²) in [6.07, 6.45) is 2.16. The van der Waals surface area contributed by atoms with Gasteiger partial charge in [-0.1, -0.05) is 0 Å². The van der Waals surface area contributed by atoms with Crippen LogP contribution in [0.2, 0.25) is 0 Å². The van der Waals surface area contributed by atoms with E-state index >= 15 is 0 Å². The first-order valence-electron chi connectivity index (χ1n) is 6.49. The molecule has 0 spiro atoms. The highest BCUT2D eigenvalue weighted by Crippen LogP contribution is 2.33. The van der Waals surface area contributed by atoms with Crippen LogP contribution in [0, 0.1) is 6.92 Å². The van der Waals surface area contributed by atoms with Crippen molar-refractivity contribution in [1.82, 2.24) is 9.80 Å². The average Bonchev–Trinajstić information content (AvgIpc) is 2.60. The van der Waals surface area contributed by atoms with Crippen molar-refractivity contribution in [3.63, 3.8) is 0 Å². The molecule has 3 nitrogen and oxygen atoms in total. The minimum Gasteiger partial charge on any atom is -0.337 e. The van der Waals surface area contributed by atoms with Crippen molar-refractivity contribution >= 4 is 17.2 Å². The Labute approximate surface area is 113 Å². The molecule has 2 heterocycles. The lowest BCUT2D eigenvalue weighted by Crippen LogP contribution is -2.33. The van der Waals surface area contributed by atoms with Crippen molar-refractivity contribution in [2.24, 2.45) is 0 Å². The van der Waals surface area contributed by atoms with E-state index in [1.165, 1.54) is 20.9 Å². The van der Waals surface area contributed by atoms with Gasteiger partial charge < -0.3 is 9.80 Å². The van der Waals surface area contributed by atoms with Gasteiger partial charge in [0.05, 0.1) is 6.54 Å². The van der Waals surface area contributed by atoms with Crippen molar-refractivity contribution in [2.75, 3.05) is 27.2 Å². The molecular formula is C14H22N2OS. The number of rotatable bonds is 3. The lowest BCUT2D eigenvalue weighted by molar-refractivity contribution is -0.129. The summed E-state index contributed by atoms with van der Waals surface area (Å²) in [7, 11) is 4.23. The van der Waals surface area contributed by atoms with Gasteiger partial charge >= 0.3 is 0 Å². The number of thiophene rings is 1. The van der Waals surface area contributed by atoms with Gasteiger partial charge in [0, 0.05) is 29.8 Å². The number of fused-ring (bicyclic) bond motifs is 1. The number of nitrogens with zero attached hydrogens (tertiary/aromatic N) is 2. The fourth-order valence-electron chi connectivity index (χ4n) is 2.54. The van der Waals surface area contributed by atoms with Crippen LogP contribution in [0.4, 0.5) is 0 Å². The van der Waals surface area contributed by atoms with Crippen LogP contribution in [0.5, 0.6) is 0 Å². The largest absolute Gasteiger partial charge is 0.337 e. The molecule has 0 unspecified atom stereocenters. The second-order valence-electron chi connectivity index (χ2n) is 5.28. The molecule has 100 valence electrons. The fourth-order valence-corrected chi connectivity index (χ4v) is 3.82. The van der Waals surface area contributed by atoms with Gasteiger partial charge in [-0.2, -0.15) is 0 Å². The van der Waals surface area contributed by atoms with Gasteiger partial charge in [-0.15, -0.1) is 11.3 Å². The topological polar surface area (TPSA) is 23.6 Å². The van der Waals surface area contributed by atoms with Crippen molar-refractivity contribution < 1.29 is 4.79 Å². The predicted octanol–water partition coefficient (Wildman–Crippen LogP) is 2.07. The molecule has 1 aliphatic rings. The van der Waals surface area contributed by atoms with Gasteiger partial charge in [0.2, 0.25) is 5.91 Å². The van der Waals surface area contributed by atoms with Gasteiger partial charge in [-0.05, 0) is 45.0 Å². The third-order valence-corrected chi connectivity index (χ3v) is 4.80. The van der Waals surface area contributed by atoms with Gasteiger partial charge in [-0.3, -0.25) is 4.79 Å².